The zero-order chi connectivity index (χ0) is 24.6. The SMILES string of the molecule is CCNC(=O)[C@@H](CC)N(Cc1cccc(OC)c1)C(=O)CN(c1ccc(F)cc1)S(C)(=O)=O. The van der Waals surface area contributed by atoms with Gasteiger partial charge in [-0.15, -0.1) is 0 Å². The molecule has 2 rings (SSSR count). The number of hydrogen-bond acceptors (Lipinski definition) is 5. The minimum atomic E-state index is -3.86. The predicted octanol–water partition coefficient (Wildman–Crippen LogP) is 2.54. The lowest BCUT2D eigenvalue weighted by Gasteiger charge is -2.32. The molecule has 0 saturated heterocycles. The minimum Gasteiger partial charge on any atom is -0.497 e. The van der Waals surface area contributed by atoms with Gasteiger partial charge in [-0.05, 0) is 55.3 Å². The average molecular weight is 480 g/mol. The summed E-state index contributed by atoms with van der Waals surface area (Å²) in [5, 5.41) is 2.73. The van der Waals surface area contributed by atoms with Gasteiger partial charge in [0, 0.05) is 13.1 Å². The molecule has 0 spiro atoms. The van der Waals surface area contributed by atoms with Gasteiger partial charge in [-0.2, -0.15) is 0 Å². The third-order valence-corrected chi connectivity index (χ3v) is 6.16. The summed E-state index contributed by atoms with van der Waals surface area (Å²) in [5.41, 5.74) is 0.873. The molecule has 0 aromatic heterocycles. The van der Waals surface area contributed by atoms with Crippen LogP contribution in [0.4, 0.5) is 10.1 Å². The molecule has 180 valence electrons. The van der Waals surface area contributed by atoms with Gasteiger partial charge in [0.1, 0.15) is 24.2 Å². The summed E-state index contributed by atoms with van der Waals surface area (Å²) in [4.78, 5) is 27.5. The molecular formula is C23H30FN3O5S. The molecule has 33 heavy (non-hydrogen) atoms. The second-order valence-corrected chi connectivity index (χ2v) is 9.34. The zero-order valence-electron chi connectivity index (χ0n) is 19.2. The molecule has 0 bridgehead atoms. The summed E-state index contributed by atoms with van der Waals surface area (Å²) in [7, 11) is -2.34. The normalized spacial score (nSPS) is 12.0. The molecule has 2 amide bonds. The molecule has 10 heteroatoms. The van der Waals surface area contributed by atoms with Crippen LogP contribution in [0.1, 0.15) is 25.8 Å². The van der Waals surface area contributed by atoms with E-state index in [1.807, 2.05) is 0 Å². The van der Waals surface area contributed by atoms with Crippen LogP contribution in [0.25, 0.3) is 0 Å². The van der Waals surface area contributed by atoms with Gasteiger partial charge in [0.15, 0.2) is 0 Å². The number of rotatable bonds is 11. The summed E-state index contributed by atoms with van der Waals surface area (Å²) < 4.78 is 44.4. The van der Waals surface area contributed by atoms with Crippen LogP contribution in [0, 0.1) is 5.82 Å². The molecule has 1 atom stereocenters. The highest BCUT2D eigenvalue weighted by Gasteiger charge is 2.31. The Balaban J connectivity index is 2.43. The average Bonchev–Trinajstić information content (AvgIpc) is 2.77. The molecule has 1 N–H and O–H groups in total. The van der Waals surface area contributed by atoms with Crippen LogP contribution in [-0.2, 0) is 26.2 Å². The Morgan fingerprint density at radius 3 is 2.33 bits per heavy atom. The number of sulfonamides is 1. The van der Waals surface area contributed by atoms with E-state index in [2.05, 4.69) is 5.32 Å². The second kappa shape index (κ2) is 11.6. The van der Waals surface area contributed by atoms with Gasteiger partial charge < -0.3 is 15.0 Å². The van der Waals surface area contributed by atoms with Gasteiger partial charge in [-0.25, -0.2) is 12.8 Å². The van der Waals surface area contributed by atoms with Crippen molar-refractivity contribution in [3.05, 3.63) is 59.9 Å². The van der Waals surface area contributed by atoms with Gasteiger partial charge in [0.25, 0.3) is 0 Å². The van der Waals surface area contributed by atoms with Crippen molar-refractivity contribution in [1.29, 1.82) is 0 Å². The number of hydrogen-bond donors (Lipinski definition) is 1. The summed E-state index contributed by atoms with van der Waals surface area (Å²) in [5.74, 6) is -0.829. The van der Waals surface area contributed by atoms with E-state index in [-0.39, 0.29) is 18.1 Å². The molecule has 0 radical (unpaired) electrons. The fourth-order valence-electron chi connectivity index (χ4n) is 3.40. The maximum absolute atomic E-state index is 13.4. The lowest BCUT2D eigenvalue weighted by Crippen LogP contribution is -2.52. The highest BCUT2D eigenvalue weighted by molar-refractivity contribution is 7.92. The Morgan fingerprint density at radius 2 is 1.79 bits per heavy atom. The molecule has 0 unspecified atom stereocenters. The molecule has 0 heterocycles. The topological polar surface area (TPSA) is 96.0 Å². The first kappa shape index (κ1) is 26.1. The second-order valence-electron chi connectivity index (χ2n) is 7.44. The summed E-state index contributed by atoms with van der Waals surface area (Å²) in [6.45, 7) is 3.48. The van der Waals surface area contributed by atoms with Crippen LogP contribution in [0.3, 0.4) is 0 Å². The van der Waals surface area contributed by atoms with E-state index in [4.69, 9.17) is 4.74 Å². The molecule has 0 aliphatic heterocycles. The van der Waals surface area contributed by atoms with Gasteiger partial charge in [-0.1, -0.05) is 19.1 Å². The quantitative estimate of drug-likeness (QED) is 0.534. The number of anilines is 1. The van der Waals surface area contributed by atoms with Gasteiger partial charge in [-0.3, -0.25) is 13.9 Å². The minimum absolute atomic E-state index is 0.0761. The highest BCUT2D eigenvalue weighted by atomic mass is 32.2. The van der Waals surface area contributed by atoms with Gasteiger partial charge in [0.05, 0.1) is 19.1 Å². The van der Waals surface area contributed by atoms with E-state index < -0.39 is 34.3 Å². The third kappa shape index (κ3) is 7.18. The molecule has 0 aliphatic carbocycles. The predicted molar refractivity (Wildman–Crippen MR) is 125 cm³/mol. The van der Waals surface area contributed by atoms with E-state index in [0.29, 0.717) is 18.7 Å². The highest BCUT2D eigenvalue weighted by Crippen LogP contribution is 2.21. The Bertz CT molecular complexity index is 1060. The first-order valence-corrected chi connectivity index (χ1v) is 12.4. The van der Waals surface area contributed by atoms with Crippen molar-refractivity contribution in [3.63, 3.8) is 0 Å². The van der Waals surface area contributed by atoms with E-state index >= 15 is 0 Å². The first-order chi connectivity index (χ1) is 15.6. The Hall–Kier alpha value is -3.14. The molecule has 0 saturated carbocycles. The smallest absolute Gasteiger partial charge is 0.244 e. The summed E-state index contributed by atoms with van der Waals surface area (Å²) >= 11 is 0. The maximum Gasteiger partial charge on any atom is 0.244 e. The number of amides is 2. The van der Waals surface area contributed by atoms with E-state index in [1.165, 1.54) is 24.1 Å². The van der Waals surface area contributed by atoms with Crippen LogP contribution in [0.2, 0.25) is 0 Å². The molecule has 0 fully saturated rings. The molecule has 2 aromatic rings. The zero-order valence-corrected chi connectivity index (χ0v) is 20.1. The summed E-state index contributed by atoms with van der Waals surface area (Å²) in [6.07, 6.45) is 1.30. The van der Waals surface area contributed by atoms with Crippen molar-refractivity contribution in [2.45, 2.75) is 32.9 Å². The standard InChI is InChI=1S/C23H30FN3O5S/c1-5-21(23(29)25-6-2)26(15-17-8-7-9-20(14-17)32-3)22(28)16-27(33(4,30)31)19-12-10-18(24)11-13-19/h7-14,21H,5-6,15-16H2,1-4H3,(H,25,29)/t21-/m1/s1. The van der Waals surface area contributed by atoms with Crippen molar-refractivity contribution < 1.29 is 27.1 Å². The van der Waals surface area contributed by atoms with Crippen molar-refractivity contribution in [1.82, 2.24) is 10.2 Å². The lowest BCUT2D eigenvalue weighted by molar-refractivity contribution is -0.140. The van der Waals surface area contributed by atoms with E-state index in [0.717, 1.165) is 28.3 Å². The Kier molecular flexibility index (Phi) is 9.22. The fraction of sp³-hybridized carbons (Fsp3) is 0.391. The van der Waals surface area contributed by atoms with Gasteiger partial charge in [0.2, 0.25) is 21.8 Å². The van der Waals surface area contributed by atoms with Crippen LogP contribution in [0.5, 0.6) is 5.75 Å². The monoisotopic (exact) mass is 479 g/mol. The number of ether oxygens (including phenoxy) is 1. The van der Waals surface area contributed by atoms with Gasteiger partial charge >= 0.3 is 0 Å². The molecular weight excluding hydrogens is 449 g/mol. The van der Waals surface area contributed by atoms with Crippen LogP contribution >= 0.6 is 0 Å². The van der Waals surface area contributed by atoms with Crippen molar-refractivity contribution >= 4 is 27.5 Å². The Morgan fingerprint density at radius 1 is 1.12 bits per heavy atom. The van der Waals surface area contributed by atoms with E-state index in [9.17, 15) is 22.4 Å². The van der Waals surface area contributed by atoms with Crippen LogP contribution in [0.15, 0.2) is 48.5 Å². The van der Waals surface area contributed by atoms with Crippen molar-refractivity contribution in [3.8, 4) is 5.75 Å². The largest absolute Gasteiger partial charge is 0.497 e. The van der Waals surface area contributed by atoms with Crippen molar-refractivity contribution in [2.75, 3.05) is 30.8 Å². The first-order valence-electron chi connectivity index (χ1n) is 10.5. The van der Waals surface area contributed by atoms with Crippen LogP contribution < -0.4 is 14.4 Å². The Labute approximate surface area is 194 Å². The number of carbonyl (C=O) groups excluding carboxylic acids is 2. The molecule has 2 aromatic carbocycles. The number of methoxy groups -OCH3 is 1. The lowest BCUT2D eigenvalue weighted by atomic mass is 10.1. The fourth-order valence-corrected chi connectivity index (χ4v) is 4.25. The molecule has 8 nitrogen and oxygen atoms in total. The number of nitrogens with one attached hydrogen (secondary N) is 1. The maximum atomic E-state index is 13.4. The number of carbonyl (C=O) groups is 2. The van der Waals surface area contributed by atoms with Crippen molar-refractivity contribution in [2.24, 2.45) is 0 Å². The molecule has 0 aliphatic rings. The number of likely N-dealkylation sites (N-methyl/N-ethyl adjacent to an activating group) is 1. The van der Waals surface area contributed by atoms with E-state index in [1.54, 1.807) is 38.1 Å². The number of nitrogens with zero attached hydrogens (tertiary/aromatic N) is 2. The number of halogens is 1. The third-order valence-electron chi connectivity index (χ3n) is 5.02. The summed E-state index contributed by atoms with van der Waals surface area (Å²) in [6, 6.07) is 11.1. The van der Waals surface area contributed by atoms with Crippen LogP contribution in [-0.4, -0.2) is 57.6 Å². The number of benzene rings is 2.